The smallest absolute Gasteiger partial charge is 0.0346 e. The molecule has 0 atom stereocenters. The van der Waals surface area contributed by atoms with Gasteiger partial charge in [-0.25, -0.2) is 0 Å². The molecular weight excluding hydrogens is 242 g/mol. The number of fused-ring (bicyclic) bond motifs is 2. The largest absolute Gasteiger partial charge is 0.264 e. The van der Waals surface area contributed by atoms with Gasteiger partial charge in [0.15, 0.2) is 0 Å². The van der Waals surface area contributed by atoms with E-state index in [0.717, 1.165) is 0 Å². The molecule has 0 aliphatic carbocycles. The van der Waals surface area contributed by atoms with Gasteiger partial charge in [-0.2, -0.15) is 0 Å². The third kappa shape index (κ3) is 1.84. The third-order valence-electron chi connectivity index (χ3n) is 3.72. The molecule has 0 fully saturated rings. The van der Waals surface area contributed by atoms with Crippen molar-refractivity contribution in [1.82, 2.24) is 4.98 Å². The van der Waals surface area contributed by atoms with Gasteiger partial charge >= 0.3 is 0 Å². The fourth-order valence-corrected chi connectivity index (χ4v) is 2.63. The Morgan fingerprint density at radius 1 is 0.550 bits per heavy atom. The molecule has 4 rings (SSSR count). The standard InChI is InChI=1S/C19H13N/c1-2-4-15-11-16(6-5-14(15)3-1)17-7-8-19-13-20-10-9-18(19)12-17/h1-13H. The van der Waals surface area contributed by atoms with E-state index in [-0.39, 0.29) is 0 Å². The zero-order valence-electron chi connectivity index (χ0n) is 11.0. The number of pyridine rings is 1. The number of benzene rings is 3. The maximum Gasteiger partial charge on any atom is 0.0346 e. The number of nitrogens with zero attached hydrogens (tertiary/aromatic N) is 1. The Labute approximate surface area is 117 Å². The lowest BCUT2D eigenvalue weighted by molar-refractivity contribution is 1.36. The second kappa shape index (κ2) is 4.46. The summed E-state index contributed by atoms with van der Waals surface area (Å²) in [7, 11) is 0. The highest BCUT2D eigenvalue weighted by Crippen LogP contribution is 2.27. The van der Waals surface area contributed by atoms with E-state index in [1.807, 2.05) is 12.4 Å². The number of hydrogen-bond acceptors (Lipinski definition) is 1. The highest BCUT2D eigenvalue weighted by Gasteiger charge is 2.01. The summed E-state index contributed by atoms with van der Waals surface area (Å²) in [6, 6.07) is 23.6. The van der Waals surface area contributed by atoms with Crippen LogP contribution in [-0.4, -0.2) is 4.98 Å². The zero-order valence-corrected chi connectivity index (χ0v) is 11.0. The lowest BCUT2D eigenvalue weighted by Crippen LogP contribution is -1.81. The molecule has 0 spiro atoms. The minimum absolute atomic E-state index is 1.18. The van der Waals surface area contributed by atoms with Crippen LogP contribution >= 0.6 is 0 Å². The average molecular weight is 255 g/mol. The monoisotopic (exact) mass is 255 g/mol. The first-order valence-electron chi connectivity index (χ1n) is 6.73. The molecule has 1 heteroatoms. The molecule has 0 bridgehead atoms. The summed E-state index contributed by atoms with van der Waals surface area (Å²) in [6.07, 6.45) is 3.74. The Hall–Kier alpha value is -2.67. The Morgan fingerprint density at radius 3 is 2.00 bits per heavy atom. The van der Waals surface area contributed by atoms with Gasteiger partial charge in [0.25, 0.3) is 0 Å². The van der Waals surface area contributed by atoms with Crippen LogP contribution in [0.4, 0.5) is 0 Å². The number of rotatable bonds is 1. The highest BCUT2D eigenvalue weighted by atomic mass is 14.6. The fraction of sp³-hybridized carbons (Fsp3) is 0. The van der Waals surface area contributed by atoms with Crippen molar-refractivity contribution in [2.24, 2.45) is 0 Å². The molecule has 0 saturated heterocycles. The first-order valence-corrected chi connectivity index (χ1v) is 6.73. The molecule has 0 radical (unpaired) electrons. The number of hydrogen-bond donors (Lipinski definition) is 0. The van der Waals surface area contributed by atoms with E-state index in [1.165, 1.54) is 32.7 Å². The van der Waals surface area contributed by atoms with Crippen LogP contribution in [0.5, 0.6) is 0 Å². The quantitative estimate of drug-likeness (QED) is 0.463. The summed E-state index contributed by atoms with van der Waals surface area (Å²) >= 11 is 0. The summed E-state index contributed by atoms with van der Waals surface area (Å²) in [4.78, 5) is 4.16. The molecule has 20 heavy (non-hydrogen) atoms. The van der Waals surface area contributed by atoms with Gasteiger partial charge in [-0.1, -0.05) is 48.5 Å². The van der Waals surface area contributed by atoms with Crippen molar-refractivity contribution >= 4 is 21.5 Å². The van der Waals surface area contributed by atoms with E-state index < -0.39 is 0 Å². The van der Waals surface area contributed by atoms with E-state index in [9.17, 15) is 0 Å². The Morgan fingerprint density at radius 2 is 1.20 bits per heavy atom. The molecule has 0 amide bonds. The van der Waals surface area contributed by atoms with Gasteiger partial charge in [0, 0.05) is 17.8 Å². The summed E-state index contributed by atoms with van der Waals surface area (Å²) in [6.45, 7) is 0. The molecule has 0 aliphatic heterocycles. The van der Waals surface area contributed by atoms with E-state index in [4.69, 9.17) is 0 Å². The molecule has 0 aliphatic rings. The summed E-state index contributed by atoms with van der Waals surface area (Å²) in [5, 5.41) is 4.96. The van der Waals surface area contributed by atoms with Gasteiger partial charge in [0.1, 0.15) is 0 Å². The van der Waals surface area contributed by atoms with Crippen LogP contribution in [0.15, 0.2) is 79.1 Å². The van der Waals surface area contributed by atoms with Crippen molar-refractivity contribution in [2.45, 2.75) is 0 Å². The van der Waals surface area contributed by atoms with Gasteiger partial charge in [-0.05, 0) is 45.5 Å². The van der Waals surface area contributed by atoms with Crippen LogP contribution in [-0.2, 0) is 0 Å². The second-order valence-corrected chi connectivity index (χ2v) is 5.00. The van der Waals surface area contributed by atoms with Crippen LogP contribution in [0.2, 0.25) is 0 Å². The van der Waals surface area contributed by atoms with E-state index >= 15 is 0 Å². The molecule has 4 aromatic rings. The number of aromatic nitrogens is 1. The van der Waals surface area contributed by atoms with Crippen molar-refractivity contribution in [3.63, 3.8) is 0 Å². The molecule has 0 unspecified atom stereocenters. The minimum Gasteiger partial charge on any atom is -0.264 e. The highest BCUT2D eigenvalue weighted by molar-refractivity contribution is 5.90. The van der Waals surface area contributed by atoms with Gasteiger partial charge in [0.2, 0.25) is 0 Å². The topological polar surface area (TPSA) is 12.9 Å². The van der Waals surface area contributed by atoms with Crippen LogP contribution < -0.4 is 0 Å². The maximum absolute atomic E-state index is 4.16. The first kappa shape index (κ1) is 11.2. The summed E-state index contributed by atoms with van der Waals surface area (Å²) in [5.41, 5.74) is 2.50. The molecule has 0 saturated carbocycles. The van der Waals surface area contributed by atoms with Gasteiger partial charge in [-0.15, -0.1) is 0 Å². The van der Waals surface area contributed by atoms with E-state index in [0.29, 0.717) is 0 Å². The predicted molar refractivity (Wildman–Crippen MR) is 84.7 cm³/mol. The van der Waals surface area contributed by atoms with Crippen molar-refractivity contribution < 1.29 is 0 Å². The van der Waals surface area contributed by atoms with E-state index in [2.05, 4.69) is 71.7 Å². The molecule has 1 heterocycles. The summed E-state index contributed by atoms with van der Waals surface area (Å²) in [5.74, 6) is 0. The molecule has 1 aromatic heterocycles. The average Bonchev–Trinajstić information content (AvgIpc) is 2.54. The van der Waals surface area contributed by atoms with Crippen molar-refractivity contribution in [3.8, 4) is 11.1 Å². The molecular formula is C19H13N. The first-order chi connectivity index (χ1) is 9.90. The van der Waals surface area contributed by atoms with Gasteiger partial charge < -0.3 is 0 Å². The molecule has 1 nitrogen and oxygen atoms in total. The zero-order chi connectivity index (χ0) is 13.4. The van der Waals surface area contributed by atoms with Gasteiger partial charge in [0.05, 0.1) is 0 Å². The van der Waals surface area contributed by atoms with E-state index in [1.54, 1.807) is 0 Å². The van der Waals surface area contributed by atoms with Crippen molar-refractivity contribution in [2.75, 3.05) is 0 Å². The molecule has 0 N–H and O–H groups in total. The summed E-state index contributed by atoms with van der Waals surface area (Å²) < 4.78 is 0. The molecule has 94 valence electrons. The van der Waals surface area contributed by atoms with Crippen LogP contribution in [0, 0.1) is 0 Å². The van der Waals surface area contributed by atoms with Crippen LogP contribution in [0.25, 0.3) is 32.7 Å². The third-order valence-corrected chi connectivity index (χ3v) is 3.72. The predicted octanol–water partition coefficient (Wildman–Crippen LogP) is 5.06. The second-order valence-electron chi connectivity index (χ2n) is 5.00. The molecule has 3 aromatic carbocycles. The SMILES string of the molecule is c1ccc2cc(-c3ccc4cnccc4c3)ccc2c1. The Balaban J connectivity index is 1.91. The maximum atomic E-state index is 4.16. The minimum atomic E-state index is 1.18. The van der Waals surface area contributed by atoms with Crippen molar-refractivity contribution in [1.29, 1.82) is 0 Å². The van der Waals surface area contributed by atoms with Crippen LogP contribution in [0.1, 0.15) is 0 Å². The normalized spacial score (nSPS) is 11.0. The lowest BCUT2D eigenvalue weighted by Gasteiger charge is -2.06. The van der Waals surface area contributed by atoms with Gasteiger partial charge in [-0.3, -0.25) is 4.98 Å². The fourth-order valence-electron chi connectivity index (χ4n) is 2.63. The Kier molecular flexibility index (Phi) is 2.49. The van der Waals surface area contributed by atoms with Crippen molar-refractivity contribution in [3.05, 3.63) is 79.1 Å². The van der Waals surface area contributed by atoms with Crippen LogP contribution in [0.3, 0.4) is 0 Å². The lowest BCUT2D eigenvalue weighted by atomic mass is 9.99. The Bertz CT molecular complexity index is 832.